The third kappa shape index (κ3) is 2.75. The van der Waals surface area contributed by atoms with Crippen molar-refractivity contribution in [2.75, 3.05) is 17.3 Å². The van der Waals surface area contributed by atoms with Crippen LogP contribution in [0.5, 0.6) is 5.75 Å². The molecular formula is C24H22N2O4. The predicted molar refractivity (Wildman–Crippen MR) is 112 cm³/mol. The van der Waals surface area contributed by atoms with E-state index in [-0.39, 0.29) is 41.4 Å². The van der Waals surface area contributed by atoms with E-state index in [1.807, 2.05) is 0 Å². The number of nitrogens with zero attached hydrogens (tertiary/aromatic N) is 1. The summed E-state index contributed by atoms with van der Waals surface area (Å²) in [6, 6.07) is 13.7. The van der Waals surface area contributed by atoms with Crippen LogP contribution in [0.4, 0.5) is 11.4 Å². The van der Waals surface area contributed by atoms with Crippen molar-refractivity contribution < 1.29 is 19.1 Å². The molecule has 1 saturated carbocycles. The number of hydrogen-bond donors (Lipinski definition) is 1. The Hall–Kier alpha value is -3.41. The molecule has 5 rings (SSSR count). The number of imide groups is 1. The Morgan fingerprint density at radius 2 is 1.80 bits per heavy atom. The van der Waals surface area contributed by atoms with Gasteiger partial charge in [-0.1, -0.05) is 17.7 Å². The van der Waals surface area contributed by atoms with E-state index in [2.05, 4.69) is 18.3 Å². The molecule has 6 heteroatoms. The van der Waals surface area contributed by atoms with E-state index < -0.39 is 0 Å². The molecule has 30 heavy (non-hydrogen) atoms. The molecule has 3 aliphatic rings. The van der Waals surface area contributed by atoms with Crippen molar-refractivity contribution in [3.8, 4) is 5.75 Å². The number of nitrogens with one attached hydrogen (secondary N) is 1. The maximum atomic E-state index is 13.0. The fourth-order valence-corrected chi connectivity index (χ4v) is 5.19. The molecule has 0 aromatic heterocycles. The highest BCUT2D eigenvalue weighted by atomic mass is 16.5. The van der Waals surface area contributed by atoms with Crippen molar-refractivity contribution in [2.24, 2.45) is 23.7 Å². The number of fused-ring (bicyclic) bond motifs is 5. The molecule has 2 aromatic rings. The van der Waals surface area contributed by atoms with Gasteiger partial charge in [0.15, 0.2) is 0 Å². The van der Waals surface area contributed by atoms with Gasteiger partial charge in [-0.25, -0.2) is 0 Å². The number of anilines is 2. The largest absolute Gasteiger partial charge is 0.497 e. The summed E-state index contributed by atoms with van der Waals surface area (Å²) < 4.78 is 5.17. The lowest BCUT2D eigenvalue weighted by molar-refractivity contribution is -0.123. The van der Waals surface area contributed by atoms with Gasteiger partial charge in [0.25, 0.3) is 5.91 Å². The summed E-state index contributed by atoms with van der Waals surface area (Å²) in [6.45, 7) is 2.05. The average molecular weight is 402 g/mol. The maximum Gasteiger partial charge on any atom is 0.255 e. The van der Waals surface area contributed by atoms with E-state index in [0.717, 1.165) is 6.42 Å². The molecule has 4 atom stereocenters. The van der Waals surface area contributed by atoms with Gasteiger partial charge in [-0.05, 0) is 61.6 Å². The normalized spacial score (nSPS) is 26.6. The number of ether oxygens (including phenoxy) is 1. The summed E-state index contributed by atoms with van der Waals surface area (Å²) in [5.74, 6) is 0.0462. The van der Waals surface area contributed by atoms with Gasteiger partial charge in [0.05, 0.1) is 24.6 Å². The second-order valence-electron chi connectivity index (χ2n) is 8.21. The molecular weight excluding hydrogens is 380 g/mol. The van der Waals surface area contributed by atoms with Crippen molar-refractivity contribution in [3.63, 3.8) is 0 Å². The highest BCUT2D eigenvalue weighted by molar-refractivity contribution is 6.23. The molecule has 3 amide bonds. The Morgan fingerprint density at radius 1 is 1.07 bits per heavy atom. The van der Waals surface area contributed by atoms with Crippen LogP contribution in [0, 0.1) is 23.7 Å². The summed E-state index contributed by atoms with van der Waals surface area (Å²) >= 11 is 0. The highest BCUT2D eigenvalue weighted by Crippen LogP contribution is 2.55. The van der Waals surface area contributed by atoms with Crippen LogP contribution in [0.25, 0.3) is 0 Å². The van der Waals surface area contributed by atoms with E-state index in [1.54, 1.807) is 55.6 Å². The minimum Gasteiger partial charge on any atom is -0.497 e. The number of hydrogen-bond acceptors (Lipinski definition) is 4. The molecule has 2 bridgehead atoms. The molecule has 6 nitrogen and oxygen atoms in total. The molecule has 1 saturated heterocycles. The smallest absolute Gasteiger partial charge is 0.255 e. The lowest BCUT2D eigenvalue weighted by Crippen LogP contribution is -2.33. The van der Waals surface area contributed by atoms with Crippen LogP contribution >= 0.6 is 0 Å². The third-order valence-electron chi connectivity index (χ3n) is 6.60. The van der Waals surface area contributed by atoms with Gasteiger partial charge in [0.2, 0.25) is 11.8 Å². The first-order valence-corrected chi connectivity index (χ1v) is 10.1. The van der Waals surface area contributed by atoms with E-state index in [9.17, 15) is 14.4 Å². The Labute approximate surface area is 174 Å². The van der Waals surface area contributed by atoms with Crippen molar-refractivity contribution in [3.05, 3.63) is 65.7 Å². The summed E-state index contributed by atoms with van der Waals surface area (Å²) in [7, 11) is 1.57. The maximum absolute atomic E-state index is 13.0. The first-order chi connectivity index (χ1) is 14.5. The van der Waals surface area contributed by atoms with Crippen LogP contribution in [0.1, 0.15) is 23.7 Å². The minimum atomic E-state index is -0.274. The fraction of sp³-hybridized carbons (Fsp3) is 0.292. The number of carbonyl (C=O) groups is 3. The first kappa shape index (κ1) is 18.6. The Kier molecular flexibility index (Phi) is 4.24. The number of methoxy groups -OCH3 is 1. The average Bonchev–Trinajstić information content (AvgIpc) is 3.38. The minimum absolute atomic E-state index is 0.112. The van der Waals surface area contributed by atoms with Crippen LogP contribution < -0.4 is 15.0 Å². The molecule has 0 spiro atoms. The van der Waals surface area contributed by atoms with Gasteiger partial charge in [-0.3, -0.25) is 19.3 Å². The van der Waals surface area contributed by atoms with Crippen LogP contribution in [-0.2, 0) is 9.59 Å². The summed E-state index contributed by atoms with van der Waals surface area (Å²) in [5, 5.41) is 2.82. The number of amides is 3. The van der Waals surface area contributed by atoms with Crippen LogP contribution in [0.3, 0.4) is 0 Å². The van der Waals surface area contributed by atoms with Crippen LogP contribution in [0.15, 0.2) is 60.2 Å². The van der Waals surface area contributed by atoms with Gasteiger partial charge in [-0.15, -0.1) is 0 Å². The Bertz CT molecular complexity index is 1090. The van der Waals surface area contributed by atoms with Crippen LogP contribution in [0.2, 0.25) is 0 Å². The number of carbonyl (C=O) groups excluding carboxylic acids is 3. The number of allylic oxidation sites excluding steroid dienone is 2. The zero-order chi connectivity index (χ0) is 21.0. The van der Waals surface area contributed by atoms with Gasteiger partial charge >= 0.3 is 0 Å². The van der Waals surface area contributed by atoms with Crippen molar-refractivity contribution in [1.82, 2.24) is 0 Å². The van der Waals surface area contributed by atoms with E-state index in [1.165, 1.54) is 10.5 Å². The standard InChI is InChI=1S/C24H22N2O4/c1-13-10-15-11-19(13)21-20(15)23(28)26(24(21)29)17-8-6-14(7-9-17)22(27)25-16-4-3-5-18(12-16)30-2/h3-10,12,15,19-21H,11H2,1-2H3,(H,25,27)/t15-,19-,20-,21-/m1/s1. The van der Waals surface area contributed by atoms with Gasteiger partial charge in [0, 0.05) is 17.3 Å². The second kappa shape index (κ2) is 6.83. The second-order valence-corrected chi connectivity index (χ2v) is 8.21. The Balaban J connectivity index is 1.34. The van der Waals surface area contributed by atoms with E-state index in [4.69, 9.17) is 4.74 Å². The highest BCUT2D eigenvalue weighted by Gasteiger charge is 2.60. The molecule has 2 aromatic carbocycles. The molecule has 2 aliphatic carbocycles. The number of rotatable bonds is 4. The summed E-state index contributed by atoms with van der Waals surface area (Å²) in [5.41, 5.74) is 2.82. The quantitative estimate of drug-likeness (QED) is 0.626. The molecule has 2 fully saturated rings. The first-order valence-electron chi connectivity index (χ1n) is 10.1. The van der Waals surface area contributed by atoms with E-state index >= 15 is 0 Å². The van der Waals surface area contributed by atoms with Crippen molar-refractivity contribution >= 4 is 29.1 Å². The monoisotopic (exact) mass is 402 g/mol. The number of benzene rings is 2. The topological polar surface area (TPSA) is 75.7 Å². The van der Waals surface area contributed by atoms with Gasteiger partial charge in [0.1, 0.15) is 5.75 Å². The van der Waals surface area contributed by atoms with E-state index in [0.29, 0.717) is 22.7 Å². The zero-order valence-corrected chi connectivity index (χ0v) is 16.8. The SMILES string of the molecule is COc1cccc(NC(=O)c2ccc(N3C(=O)[C@H]4[C@H](C3=O)[C@@H]3C[C@H]4C=C3C)cc2)c1. The summed E-state index contributed by atoms with van der Waals surface area (Å²) in [4.78, 5) is 39.9. The van der Waals surface area contributed by atoms with Crippen molar-refractivity contribution in [2.45, 2.75) is 13.3 Å². The molecule has 1 N–H and O–H groups in total. The summed E-state index contributed by atoms with van der Waals surface area (Å²) in [6.07, 6.45) is 3.07. The lowest BCUT2D eigenvalue weighted by atomic mass is 9.82. The third-order valence-corrected chi connectivity index (χ3v) is 6.60. The predicted octanol–water partition coefficient (Wildman–Crippen LogP) is 3.65. The fourth-order valence-electron chi connectivity index (χ4n) is 5.19. The molecule has 0 radical (unpaired) electrons. The van der Waals surface area contributed by atoms with Gasteiger partial charge < -0.3 is 10.1 Å². The molecule has 1 aliphatic heterocycles. The van der Waals surface area contributed by atoms with Crippen molar-refractivity contribution in [1.29, 1.82) is 0 Å². The molecule has 0 unspecified atom stereocenters. The lowest BCUT2D eigenvalue weighted by Gasteiger charge is -2.19. The molecule has 1 heterocycles. The van der Waals surface area contributed by atoms with Crippen LogP contribution in [-0.4, -0.2) is 24.8 Å². The van der Waals surface area contributed by atoms with Gasteiger partial charge in [-0.2, -0.15) is 0 Å². The molecule has 152 valence electrons. The Morgan fingerprint density at radius 3 is 2.53 bits per heavy atom. The zero-order valence-electron chi connectivity index (χ0n) is 16.8.